The first-order valence-electron chi connectivity index (χ1n) is 15.3. The third-order valence-electron chi connectivity index (χ3n) is 8.90. The van der Waals surface area contributed by atoms with Crippen molar-refractivity contribution < 1.29 is 9.59 Å². The van der Waals surface area contributed by atoms with Crippen molar-refractivity contribution in [3.63, 3.8) is 0 Å². The number of hydrogen-bond donors (Lipinski definition) is 1. The Bertz CT molecular complexity index is 1420. The fourth-order valence-electron chi connectivity index (χ4n) is 6.57. The molecule has 2 saturated heterocycles. The molecule has 220 valence electrons. The molecule has 3 aliphatic rings. The van der Waals surface area contributed by atoms with Crippen molar-refractivity contribution in [2.75, 3.05) is 60.5 Å². The van der Waals surface area contributed by atoms with Gasteiger partial charge in [0, 0.05) is 55.5 Å². The average Bonchev–Trinajstić information content (AvgIpc) is 3.03. The first kappa shape index (κ1) is 28.6. The molecule has 0 aliphatic carbocycles. The highest BCUT2D eigenvalue weighted by molar-refractivity contribution is 6.30. The molecule has 42 heavy (non-hydrogen) atoms. The van der Waals surface area contributed by atoms with Crippen molar-refractivity contribution in [2.45, 2.75) is 45.2 Å². The SMILES string of the molecule is Cc1ccc(Cl)cc1N1CCN(CCCNC(=O)c2ccc3c(c2)N(Cc2ccccc2)C(=O)C2CCCCN32)CC1. The second-order valence-corrected chi connectivity index (χ2v) is 12.1. The maximum Gasteiger partial charge on any atom is 0.251 e. The summed E-state index contributed by atoms with van der Waals surface area (Å²) in [6.07, 6.45) is 3.92. The van der Waals surface area contributed by atoms with Crippen molar-refractivity contribution >= 4 is 40.5 Å². The monoisotopic (exact) mass is 585 g/mol. The molecule has 8 heteroatoms. The third kappa shape index (κ3) is 6.13. The molecule has 3 aromatic carbocycles. The van der Waals surface area contributed by atoms with Gasteiger partial charge in [-0.25, -0.2) is 0 Å². The second kappa shape index (κ2) is 12.8. The Labute approximate surface area is 254 Å². The molecule has 3 heterocycles. The Morgan fingerprint density at radius 3 is 2.52 bits per heavy atom. The summed E-state index contributed by atoms with van der Waals surface area (Å²) in [5.74, 6) is 0.0427. The van der Waals surface area contributed by atoms with E-state index < -0.39 is 0 Å². The lowest BCUT2D eigenvalue weighted by molar-refractivity contribution is -0.120. The molecule has 1 N–H and O–H groups in total. The van der Waals surface area contributed by atoms with Crippen LogP contribution in [0.2, 0.25) is 5.02 Å². The van der Waals surface area contributed by atoms with E-state index in [0.717, 1.165) is 86.9 Å². The molecule has 1 unspecified atom stereocenters. The van der Waals surface area contributed by atoms with Crippen LogP contribution in [0.25, 0.3) is 0 Å². The van der Waals surface area contributed by atoms with Gasteiger partial charge in [-0.05, 0) is 80.6 Å². The van der Waals surface area contributed by atoms with Crippen LogP contribution in [0.4, 0.5) is 17.1 Å². The zero-order chi connectivity index (χ0) is 29.1. The fraction of sp³-hybridized carbons (Fsp3) is 0.412. The summed E-state index contributed by atoms with van der Waals surface area (Å²) in [5.41, 5.74) is 6.04. The summed E-state index contributed by atoms with van der Waals surface area (Å²) >= 11 is 6.24. The highest BCUT2D eigenvalue weighted by atomic mass is 35.5. The number of halogens is 1. The van der Waals surface area contributed by atoms with Gasteiger partial charge in [0.2, 0.25) is 5.91 Å². The molecule has 0 saturated carbocycles. The van der Waals surface area contributed by atoms with Crippen LogP contribution in [0, 0.1) is 6.92 Å². The van der Waals surface area contributed by atoms with Crippen LogP contribution in [0.1, 0.15) is 47.2 Å². The van der Waals surface area contributed by atoms with Crippen molar-refractivity contribution in [1.82, 2.24) is 10.2 Å². The summed E-state index contributed by atoms with van der Waals surface area (Å²) in [5, 5.41) is 3.89. The largest absolute Gasteiger partial charge is 0.369 e. The third-order valence-corrected chi connectivity index (χ3v) is 9.13. The molecule has 0 spiro atoms. The summed E-state index contributed by atoms with van der Waals surface area (Å²) < 4.78 is 0. The molecule has 1 atom stereocenters. The van der Waals surface area contributed by atoms with Gasteiger partial charge in [0.05, 0.1) is 17.9 Å². The van der Waals surface area contributed by atoms with Crippen LogP contribution in [0.15, 0.2) is 66.7 Å². The van der Waals surface area contributed by atoms with Gasteiger partial charge in [0.25, 0.3) is 5.91 Å². The van der Waals surface area contributed by atoms with Gasteiger partial charge in [-0.2, -0.15) is 0 Å². The lowest BCUT2D eigenvalue weighted by atomic mass is 9.95. The van der Waals surface area contributed by atoms with Crippen LogP contribution in [0.3, 0.4) is 0 Å². The Morgan fingerprint density at radius 1 is 0.905 bits per heavy atom. The second-order valence-electron chi connectivity index (χ2n) is 11.7. The number of amides is 2. The van der Waals surface area contributed by atoms with Crippen LogP contribution in [-0.4, -0.2) is 68.6 Å². The van der Waals surface area contributed by atoms with Gasteiger partial charge in [0.1, 0.15) is 6.04 Å². The summed E-state index contributed by atoms with van der Waals surface area (Å²) in [6.45, 7) is 9.01. The summed E-state index contributed by atoms with van der Waals surface area (Å²) in [7, 11) is 0. The number of aryl methyl sites for hydroxylation is 1. The van der Waals surface area contributed by atoms with E-state index in [1.165, 1.54) is 11.3 Å². The van der Waals surface area contributed by atoms with E-state index in [1.54, 1.807) is 0 Å². The number of piperazine rings is 1. The minimum absolute atomic E-state index is 0.0908. The normalized spacial score (nSPS) is 19.0. The maximum atomic E-state index is 13.7. The number of carbonyl (C=O) groups excluding carboxylic acids is 2. The van der Waals surface area contributed by atoms with Crippen molar-refractivity contribution in [3.8, 4) is 0 Å². The van der Waals surface area contributed by atoms with E-state index in [4.69, 9.17) is 11.6 Å². The van der Waals surface area contributed by atoms with E-state index in [9.17, 15) is 9.59 Å². The van der Waals surface area contributed by atoms with E-state index in [-0.39, 0.29) is 17.9 Å². The first-order valence-corrected chi connectivity index (χ1v) is 15.6. The molecule has 3 aliphatic heterocycles. The number of fused-ring (bicyclic) bond motifs is 3. The van der Waals surface area contributed by atoms with Crippen LogP contribution in [-0.2, 0) is 11.3 Å². The highest BCUT2D eigenvalue weighted by Crippen LogP contribution is 2.40. The van der Waals surface area contributed by atoms with E-state index in [1.807, 2.05) is 47.4 Å². The molecule has 0 bridgehead atoms. The predicted molar refractivity (Wildman–Crippen MR) is 171 cm³/mol. The fourth-order valence-corrected chi connectivity index (χ4v) is 6.74. The van der Waals surface area contributed by atoms with Gasteiger partial charge >= 0.3 is 0 Å². The van der Waals surface area contributed by atoms with Gasteiger partial charge in [-0.15, -0.1) is 0 Å². The quantitative estimate of drug-likeness (QED) is 0.354. The van der Waals surface area contributed by atoms with E-state index in [2.05, 4.69) is 51.2 Å². The zero-order valence-electron chi connectivity index (χ0n) is 24.4. The summed E-state index contributed by atoms with van der Waals surface area (Å²) in [4.78, 5) is 35.9. The Balaban J connectivity index is 1.06. The lowest BCUT2D eigenvalue weighted by Crippen LogP contribution is -2.55. The van der Waals surface area contributed by atoms with E-state index in [0.29, 0.717) is 18.7 Å². The number of piperidine rings is 1. The first-order chi connectivity index (χ1) is 20.5. The minimum atomic E-state index is -0.119. The average molecular weight is 586 g/mol. The van der Waals surface area contributed by atoms with Crippen LogP contribution in [0.5, 0.6) is 0 Å². The van der Waals surface area contributed by atoms with Gasteiger partial charge in [-0.3, -0.25) is 14.5 Å². The molecule has 7 nitrogen and oxygen atoms in total. The number of carbonyl (C=O) groups is 2. The Hall–Kier alpha value is -3.55. The van der Waals surface area contributed by atoms with Crippen LogP contribution < -0.4 is 20.0 Å². The Kier molecular flexibility index (Phi) is 8.68. The molecule has 0 radical (unpaired) electrons. The summed E-state index contributed by atoms with van der Waals surface area (Å²) in [6, 6.07) is 21.9. The van der Waals surface area contributed by atoms with Crippen molar-refractivity contribution in [2.24, 2.45) is 0 Å². The van der Waals surface area contributed by atoms with Gasteiger partial charge in [0.15, 0.2) is 0 Å². The lowest BCUT2D eigenvalue weighted by Gasteiger charge is -2.45. The van der Waals surface area contributed by atoms with Gasteiger partial charge in [-0.1, -0.05) is 48.0 Å². The Morgan fingerprint density at radius 2 is 1.71 bits per heavy atom. The number of nitrogens with zero attached hydrogens (tertiary/aromatic N) is 4. The smallest absolute Gasteiger partial charge is 0.251 e. The predicted octanol–water partition coefficient (Wildman–Crippen LogP) is 5.50. The molecule has 2 amide bonds. The number of rotatable bonds is 8. The number of benzene rings is 3. The number of nitrogens with one attached hydrogen (secondary N) is 1. The zero-order valence-corrected chi connectivity index (χ0v) is 25.2. The van der Waals surface area contributed by atoms with E-state index >= 15 is 0 Å². The minimum Gasteiger partial charge on any atom is -0.369 e. The van der Waals surface area contributed by atoms with Crippen molar-refractivity contribution in [3.05, 3.63) is 88.4 Å². The molecule has 6 rings (SSSR count). The standard InChI is InChI=1S/C34H40ClN5O2/c1-25-11-13-28(35)23-31(25)38-20-18-37(19-21-38)16-7-15-36-33(41)27-12-14-29-32(22-27)40(24-26-8-3-2-4-9-26)34(42)30-10-5-6-17-39(29)30/h2-4,8-9,11-14,22-23,30H,5-7,10,15-21,24H2,1H3,(H,36,41). The maximum absolute atomic E-state index is 13.7. The van der Waals surface area contributed by atoms with Crippen LogP contribution >= 0.6 is 11.6 Å². The molecular formula is C34H40ClN5O2. The number of hydrogen-bond acceptors (Lipinski definition) is 5. The molecule has 0 aromatic heterocycles. The highest BCUT2D eigenvalue weighted by Gasteiger charge is 2.39. The molecule has 3 aromatic rings. The molecular weight excluding hydrogens is 546 g/mol. The van der Waals surface area contributed by atoms with Gasteiger partial charge < -0.3 is 20.0 Å². The molecule has 2 fully saturated rings. The number of anilines is 3. The topological polar surface area (TPSA) is 59.1 Å². The van der Waals surface area contributed by atoms with Crippen molar-refractivity contribution in [1.29, 1.82) is 0 Å².